The lowest BCUT2D eigenvalue weighted by Gasteiger charge is -2.26. The van der Waals surface area contributed by atoms with E-state index in [0.29, 0.717) is 6.04 Å². The minimum Gasteiger partial charge on any atom is -0.310 e. The number of hydrogen-bond donors (Lipinski definition) is 1. The Kier molecular flexibility index (Phi) is 2.91. The van der Waals surface area contributed by atoms with Crippen molar-refractivity contribution >= 4 is 0 Å². The maximum Gasteiger partial charge on any atom is 0.0372 e. The van der Waals surface area contributed by atoms with Gasteiger partial charge >= 0.3 is 0 Å². The molecule has 2 nitrogen and oxygen atoms in total. The number of nitrogens with one attached hydrogen (secondary N) is 1. The van der Waals surface area contributed by atoms with E-state index in [1.807, 2.05) is 0 Å². The summed E-state index contributed by atoms with van der Waals surface area (Å²) in [5.41, 5.74) is 2.49. The summed E-state index contributed by atoms with van der Waals surface area (Å²) in [7, 11) is 0. The van der Waals surface area contributed by atoms with Crippen LogP contribution < -0.4 is 5.32 Å². The number of aryl methyl sites for hydroxylation is 1. The second kappa shape index (κ2) is 4.41. The van der Waals surface area contributed by atoms with Gasteiger partial charge in [-0.05, 0) is 62.1 Å². The molecule has 2 aliphatic carbocycles. The molecule has 0 bridgehead atoms. The van der Waals surface area contributed by atoms with E-state index in [1.165, 1.54) is 24.8 Å². The number of hydrogen-bond acceptors (Lipinski definition) is 2. The smallest absolute Gasteiger partial charge is 0.0372 e. The molecule has 1 aromatic rings. The van der Waals surface area contributed by atoms with Crippen molar-refractivity contribution < 1.29 is 0 Å². The van der Waals surface area contributed by atoms with Crippen molar-refractivity contribution in [3.05, 3.63) is 29.6 Å². The van der Waals surface area contributed by atoms with E-state index in [1.54, 1.807) is 0 Å². The molecule has 92 valence electrons. The molecule has 1 N–H and O–H groups in total. The molecule has 2 heteroatoms. The number of nitrogens with zero attached hydrogens (tertiary/aromatic N) is 1. The highest BCUT2D eigenvalue weighted by Crippen LogP contribution is 2.57. The van der Waals surface area contributed by atoms with Crippen LogP contribution in [0.4, 0.5) is 0 Å². The van der Waals surface area contributed by atoms with E-state index >= 15 is 0 Å². The van der Waals surface area contributed by atoms with Gasteiger partial charge in [-0.15, -0.1) is 0 Å². The van der Waals surface area contributed by atoms with Gasteiger partial charge in [0.25, 0.3) is 0 Å². The molecule has 0 amide bonds. The Hall–Kier alpha value is -0.890. The summed E-state index contributed by atoms with van der Waals surface area (Å²) in [6.07, 6.45) is 6.42. The molecule has 1 heterocycles. The predicted molar refractivity (Wildman–Crippen MR) is 69.7 cm³/mol. The van der Waals surface area contributed by atoms with Gasteiger partial charge < -0.3 is 5.32 Å². The van der Waals surface area contributed by atoms with Crippen LogP contribution in [0.5, 0.6) is 0 Å². The van der Waals surface area contributed by atoms with E-state index in [9.17, 15) is 0 Å². The van der Waals surface area contributed by atoms with Crippen LogP contribution >= 0.6 is 0 Å². The lowest BCUT2D eigenvalue weighted by molar-refractivity contribution is 0.346. The number of pyridine rings is 1. The first-order valence-corrected chi connectivity index (χ1v) is 6.94. The topological polar surface area (TPSA) is 24.9 Å². The zero-order valence-corrected chi connectivity index (χ0v) is 10.8. The molecule has 0 radical (unpaired) electrons. The standard InChI is InChI=1S/C15H22N2/c1-3-16-15(11-5-4-10(2)17-9-11)14-7-12-6-13(12)8-14/h4-5,9,12-16H,3,6-8H2,1-2H3. The van der Waals surface area contributed by atoms with Gasteiger partial charge in [0.15, 0.2) is 0 Å². The number of aromatic nitrogens is 1. The predicted octanol–water partition coefficient (Wildman–Crippen LogP) is 3.09. The molecule has 0 aliphatic heterocycles. The summed E-state index contributed by atoms with van der Waals surface area (Å²) in [4.78, 5) is 4.44. The third kappa shape index (κ3) is 2.23. The Morgan fingerprint density at radius 1 is 1.29 bits per heavy atom. The van der Waals surface area contributed by atoms with Gasteiger partial charge in [-0.25, -0.2) is 0 Å². The Morgan fingerprint density at radius 3 is 2.65 bits per heavy atom. The van der Waals surface area contributed by atoms with Gasteiger partial charge in [0.1, 0.15) is 0 Å². The van der Waals surface area contributed by atoms with Crippen LogP contribution in [0.3, 0.4) is 0 Å². The van der Waals surface area contributed by atoms with Gasteiger partial charge in [0, 0.05) is 17.9 Å². The van der Waals surface area contributed by atoms with Crippen molar-refractivity contribution in [2.45, 2.75) is 39.2 Å². The molecule has 3 atom stereocenters. The fraction of sp³-hybridized carbons (Fsp3) is 0.667. The van der Waals surface area contributed by atoms with E-state index < -0.39 is 0 Å². The molecule has 1 aromatic heterocycles. The van der Waals surface area contributed by atoms with E-state index in [2.05, 4.69) is 42.5 Å². The molecule has 3 unspecified atom stereocenters. The third-order valence-corrected chi connectivity index (χ3v) is 4.47. The molecule has 17 heavy (non-hydrogen) atoms. The average Bonchev–Trinajstić information content (AvgIpc) is 2.95. The molecule has 0 aromatic carbocycles. The summed E-state index contributed by atoms with van der Waals surface area (Å²) in [6, 6.07) is 4.91. The van der Waals surface area contributed by atoms with Gasteiger partial charge in [0.05, 0.1) is 0 Å². The Bertz CT molecular complexity index is 374. The summed E-state index contributed by atoms with van der Waals surface area (Å²) < 4.78 is 0. The van der Waals surface area contributed by atoms with Gasteiger partial charge in [0.2, 0.25) is 0 Å². The second-order valence-electron chi connectivity index (χ2n) is 5.76. The second-order valence-corrected chi connectivity index (χ2v) is 5.76. The highest BCUT2D eigenvalue weighted by Gasteiger charge is 2.47. The molecular weight excluding hydrogens is 208 g/mol. The van der Waals surface area contributed by atoms with E-state index in [-0.39, 0.29) is 0 Å². The summed E-state index contributed by atoms with van der Waals surface area (Å²) in [6.45, 7) is 5.30. The van der Waals surface area contributed by atoms with Crippen LogP contribution in [0, 0.1) is 24.7 Å². The molecule has 0 saturated heterocycles. The zero-order chi connectivity index (χ0) is 11.8. The Balaban J connectivity index is 1.76. The maximum absolute atomic E-state index is 4.44. The van der Waals surface area contributed by atoms with Gasteiger partial charge in [-0.3, -0.25) is 4.98 Å². The first-order valence-electron chi connectivity index (χ1n) is 6.94. The molecular formula is C15H22N2. The van der Waals surface area contributed by atoms with Crippen molar-refractivity contribution in [1.82, 2.24) is 10.3 Å². The lowest BCUT2D eigenvalue weighted by Crippen LogP contribution is -2.27. The maximum atomic E-state index is 4.44. The van der Waals surface area contributed by atoms with Crippen LogP contribution in [0.15, 0.2) is 18.3 Å². The molecule has 2 fully saturated rings. The van der Waals surface area contributed by atoms with Crippen LogP contribution in [-0.2, 0) is 0 Å². The first-order chi connectivity index (χ1) is 8.28. The van der Waals surface area contributed by atoms with Crippen LogP contribution in [0.25, 0.3) is 0 Å². The van der Waals surface area contributed by atoms with Crippen molar-refractivity contribution in [3.63, 3.8) is 0 Å². The van der Waals surface area contributed by atoms with Crippen molar-refractivity contribution in [2.24, 2.45) is 17.8 Å². The average molecular weight is 230 g/mol. The SMILES string of the molecule is CCNC(c1ccc(C)nc1)C1CC2CC2C1. The Morgan fingerprint density at radius 2 is 2.06 bits per heavy atom. The van der Waals surface area contributed by atoms with Gasteiger partial charge in [-0.1, -0.05) is 13.0 Å². The fourth-order valence-corrected chi connectivity index (χ4v) is 3.47. The lowest BCUT2D eigenvalue weighted by atomic mass is 9.90. The number of rotatable bonds is 4. The van der Waals surface area contributed by atoms with Crippen LogP contribution in [0.1, 0.15) is 43.5 Å². The Labute approximate surface area is 104 Å². The summed E-state index contributed by atoms with van der Waals surface area (Å²) >= 11 is 0. The minimum absolute atomic E-state index is 0.529. The van der Waals surface area contributed by atoms with Crippen molar-refractivity contribution in [3.8, 4) is 0 Å². The molecule has 3 rings (SSSR count). The quantitative estimate of drug-likeness (QED) is 0.859. The van der Waals surface area contributed by atoms with Gasteiger partial charge in [-0.2, -0.15) is 0 Å². The fourth-order valence-electron chi connectivity index (χ4n) is 3.47. The highest BCUT2D eigenvalue weighted by molar-refractivity contribution is 5.19. The first kappa shape index (κ1) is 11.2. The molecule has 0 spiro atoms. The minimum atomic E-state index is 0.529. The monoisotopic (exact) mass is 230 g/mol. The zero-order valence-electron chi connectivity index (χ0n) is 10.8. The summed E-state index contributed by atoms with van der Waals surface area (Å²) in [5.74, 6) is 2.95. The van der Waals surface area contributed by atoms with E-state index in [0.717, 1.165) is 30.0 Å². The third-order valence-electron chi connectivity index (χ3n) is 4.47. The highest BCUT2D eigenvalue weighted by atomic mass is 14.9. The van der Waals surface area contributed by atoms with Crippen molar-refractivity contribution in [1.29, 1.82) is 0 Å². The summed E-state index contributed by atoms with van der Waals surface area (Å²) in [5, 5.41) is 3.66. The molecule has 2 saturated carbocycles. The van der Waals surface area contributed by atoms with E-state index in [4.69, 9.17) is 0 Å². The van der Waals surface area contributed by atoms with Crippen LogP contribution in [0.2, 0.25) is 0 Å². The van der Waals surface area contributed by atoms with Crippen molar-refractivity contribution in [2.75, 3.05) is 6.54 Å². The van der Waals surface area contributed by atoms with Crippen LogP contribution in [-0.4, -0.2) is 11.5 Å². The molecule has 2 aliphatic rings. The number of fused-ring (bicyclic) bond motifs is 1. The largest absolute Gasteiger partial charge is 0.310 e. The normalized spacial score (nSPS) is 32.2.